The number of imidazole rings is 2. The molecule has 10 heteroatoms. The minimum absolute atomic E-state index is 0.0842. The Hall–Kier alpha value is -1.68. The van der Waals surface area contributed by atoms with Gasteiger partial charge in [0.15, 0.2) is 0 Å². The molecular formula is C10H14N4O4S2. The number of nitrogens with zero attached hydrogens (tertiary/aromatic N) is 2. The van der Waals surface area contributed by atoms with Crippen molar-refractivity contribution >= 4 is 21.6 Å². The second-order valence-electron chi connectivity index (χ2n) is 4.11. The van der Waals surface area contributed by atoms with Crippen molar-refractivity contribution in [2.75, 3.05) is 0 Å². The first-order valence-electron chi connectivity index (χ1n) is 5.60. The molecule has 0 unspecified atom stereocenters. The van der Waals surface area contributed by atoms with Gasteiger partial charge < -0.3 is 20.2 Å². The lowest BCUT2D eigenvalue weighted by molar-refractivity contribution is 0.425. The third-order valence-corrected chi connectivity index (χ3v) is 4.98. The molecule has 110 valence electrons. The van der Waals surface area contributed by atoms with Crippen LogP contribution in [-0.2, 0) is 25.6 Å². The van der Waals surface area contributed by atoms with Crippen molar-refractivity contribution < 1.29 is 10.2 Å². The lowest BCUT2D eigenvalue weighted by atomic mass is 10.5. The molecule has 0 radical (unpaired) electrons. The van der Waals surface area contributed by atoms with Gasteiger partial charge in [0.1, 0.15) is 0 Å². The number of hydrogen-bond acceptors (Lipinski definition) is 6. The molecule has 2 aromatic heterocycles. The van der Waals surface area contributed by atoms with Crippen LogP contribution in [0.4, 0.5) is 0 Å². The number of H-pyrrole nitrogens is 2. The van der Waals surface area contributed by atoms with Gasteiger partial charge in [0.2, 0.25) is 11.8 Å². The van der Waals surface area contributed by atoms with Crippen LogP contribution in [0.25, 0.3) is 0 Å². The summed E-state index contributed by atoms with van der Waals surface area (Å²) in [7, 11) is 5.73. The van der Waals surface area contributed by atoms with E-state index < -0.39 is 0 Å². The molecule has 2 rings (SSSR count). The van der Waals surface area contributed by atoms with E-state index in [2.05, 4.69) is 9.97 Å². The van der Waals surface area contributed by atoms with Crippen LogP contribution in [0.3, 0.4) is 0 Å². The summed E-state index contributed by atoms with van der Waals surface area (Å²) >= 11 is 0. The molecule has 0 aromatic carbocycles. The van der Waals surface area contributed by atoms with Crippen LogP contribution in [-0.4, -0.2) is 29.3 Å². The van der Waals surface area contributed by atoms with E-state index in [1.54, 1.807) is 0 Å². The Morgan fingerprint density at radius 1 is 0.900 bits per heavy atom. The Morgan fingerprint density at radius 2 is 1.25 bits per heavy atom. The van der Waals surface area contributed by atoms with Crippen LogP contribution < -0.4 is 11.4 Å². The Bertz CT molecular complexity index is 664. The minimum Gasteiger partial charge on any atom is -0.493 e. The fourth-order valence-electron chi connectivity index (χ4n) is 1.54. The highest BCUT2D eigenvalue weighted by molar-refractivity contribution is 8.76. The molecule has 4 N–H and O–H groups in total. The van der Waals surface area contributed by atoms with Crippen LogP contribution in [0.1, 0.15) is 11.4 Å². The summed E-state index contributed by atoms with van der Waals surface area (Å²) in [4.78, 5) is 27.6. The predicted octanol–water partition coefficient (Wildman–Crippen LogP) is 0.233. The number of nitrogens with one attached hydrogen (secondary N) is 2. The lowest BCUT2D eigenvalue weighted by Crippen LogP contribution is -2.11. The molecule has 0 fully saturated rings. The largest absolute Gasteiger partial charge is 0.493 e. The molecule has 0 amide bonds. The minimum atomic E-state index is -0.367. The lowest BCUT2D eigenvalue weighted by Gasteiger charge is -2.00. The van der Waals surface area contributed by atoms with Crippen molar-refractivity contribution in [1.82, 2.24) is 19.1 Å². The maximum atomic E-state index is 11.3. The second kappa shape index (κ2) is 5.75. The van der Waals surface area contributed by atoms with Crippen molar-refractivity contribution in [2.24, 2.45) is 14.1 Å². The molecule has 0 bridgehead atoms. The molecule has 0 aliphatic heterocycles. The molecule has 2 heterocycles. The number of aromatic hydroxyl groups is 2. The number of aromatic amines is 2. The van der Waals surface area contributed by atoms with E-state index in [1.807, 2.05) is 0 Å². The highest BCUT2D eigenvalue weighted by Crippen LogP contribution is 2.31. The van der Waals surface area contributed by atoms with Gasteiger partial charge >= 0.3 is 11.4 Å². The van der Waals surface area contributed by atoms with Crippen molar-refractivity contribution in [3.8, 4) is 11.8 Å². The molecule has 0 saturated carbocycles. The molecule has 0 aliphatic rings. The molecule has 0 spiro atoms. The van der Waals surface area contributed by atoms with Gasteiger partial charge in [-0.05, 0) is 0 Å². The first-order valence-corrected chi connectivity index (χ1v) is 8.08. The van der Waals surface area contributed by atoms with Gasteiger partial charge in [-0.15, -0.1) is 0 Å². The van der Waals surface area contributed by atoms with E-state index in [9.17, 15) is 19.8 Å². The van der Waals surface area contributed by atoms with Gasteiger partial charge in [-0.25, -0.2) is 9.59 Å². The van der Waals surface area contributed by atoms with Gasteiger partial charge in [-0.1, -0.05) is 21.6 Å². The maximum absolute atomic E-state index is 11.3. The third-order valence-electron chi connectivity index (χ3n) is 2.79. The van der Waals surface area contributed by atoms with Crippen LogP contribution in [0.2, 0.25) is 0 Å². The molecule has 0 atom stereocenters. The number of aromatic nitrogens is 4. The molecule has 0 saturated heterocycles. The summed E-state index contributed by atoms with van der Waals surface area (Å²) < 4.78 is 2.25. The normalized spacial score (nSPS) is 11.1. The third kappa shape index (κ3) is 2.75. The monoisotopic (exact) mass is 318 g/mol. The smallest absolute Gasteiger partial charge is 0.328 e. The van der Waals surface area contributed by atoms with Crippen LogP contribution in [0.5, 0.6) is 11.8 Å². The molecule has 20 heavy (non-hydrogen) atoms. The quantitative estimate of drug-likeness (QED) is 0.463. The summed E-state index contributed by atoms with van der Waals surface area (Å²) in [5.74, 6) is 0.646. The zero-order valence-electron chi connectivity index (χ0n) is 10.8. The van der Waals surface area contributed by atoms with Crippen molar-refractivity contribution in [3.63, 3.8) is 0 Å². The first kappa shape index (κ1) is 14.7. The van der Waals surface area contributed by atoms with Crippen molar-refractivity contribution in [2.45, 2.75) is 11.5 Å². The SMILES string of the molecule is Cn1c(O)c(CSSCc2[nH]c(=O)n(C)c2O)[nH]c1=O. The molecule has 8 nitrogen and oxygen atoms in total. The molecular weight excluding hydrogens is 304 g/mol. The topological polar surface area (TPSA) is 116 Å². The maximum Gasteiger partial charge on any atom is 0.328 e. The Balaban J connectivity index is 1.91. The van der Waals surface area contributed by atoms with E-state index >= 15 is 0 Å². The standard InChI is InChI=1S/C10H14N4O4S2/c1-13-7(15)5(11-9(13)17)3-19-20-4-6-8(16)14(2)10(18)12-6/h15-16H,3-4H2,1-2H3,(H,11,17)(H,12,18). The highest BCUT2D eigenvalue weighted by Gasteiger charge is 2.12. The first-order chi connectivity index (χ1) is 9.41. The Morgan fingerprint density at radius 3 is 1.50 bits per heavy atom. The summed E-state index contributed by atoms with van der Waals surface area (Å²) in [5, 5.41) is 19.3. The van der Waals surface area contributed by atoms with Crippen LogP contribution in [0.15, 0.2) is 9.59 Å². The van der Waals surface area contributed by atoms with Crippen LogP contribution >= 0.6 is 21.6 Å². The van der Waals surface area contributed by atoms with E-state index in [4.69, 9.17) is 0 Å². The van der Waals surface area contributed by atoms with Gasteiger partial charge in [0.25, 0.3) is 0 Å². The zero-order chi connectivity index (χ0) is 14.9. The fraction of sp³-hybridized carbons (Fsp3) is 0.400. The average Bonchev–Trinajstić information content (AvgIpc) is 2.80. The van der Waals surface area contributed by atoms with Gasteiger partial charge in [0.05, 0.1) is 11.4 Å². The average molecular weight is 318 g/mol. The van der Waals surface area contributed by atoms with Gasteiger partial charge in [-0.2, -0.15) is 0 Å². The predicted molar refractivity (Wildman–Crippen MR) is 78.0 cm³/mol. The van der Waals surface area contributed by atoms with Crippen molar-refractivity contribution in [1.29, 1.82) is 0 Å². The Kier molecular flexibility index (Phi) is 4.23. The Labute approximate surface area is 121 Å². The van der Waals surface area contributed by atoms with Crippen molar-refractivity contribution in [3.05, 3.63) is 32.4 Å². The molecule has 0 aliphatic carbocycles. The fourth-order valence-corrected chi connectivity index (χ4v) is 3.55. The highest BCUT2D eigenvalue weighted by atomic mass is 33.1. The van der Waals surface area contributed by atoms with Gasteiger partial charge in [0, 0.05) is 25.6 Å². The van der Waals surface area contributed by atoms with Gasteiger partial charge in [-0.3, -0.25) is 9.13 Å². The van der Waals surface area contributed by atoms with E-state index in [0.717, 1.165) is 9.13 Å². The van der Waals surface area contributed by atoms with Crippen LogP contribution in [0, 0.1) is 0 Å². The summed E-state index contributed by atoms with van der Waals surface area (Å²) in [6.45, 7) is 0. The number of rotatable bonds is 5. The molecule has 2 aromatic rings. The van der Waals surface area contributed by atoms with E-state index in [0.29, 0.717) is 22.9 Å². The summed E-state index contributed by atoms with van der Waals surface area (Å²) in [5.41, 5.74) is 0.155. The number of hydrogen-bond donors (Lipinski definition) is 4. The summed E-state index contributed by atoms with van der Waals surface area (Å²) in [6, 6.07) is 0. The second-order valence-corrected chi connectivity index (χ2v) is 6.57. The summed E-state index contributed by atoms with van der Waals surface area (Å²) in [6.07, 6.45) is 0. The zero-order valence-corrected chi connectivity index (χ0v) is 12.5. The van der Waals surface area contributed by atoms with E-state index in [1.165, 1.54) is 35.7 Å². The van der Waals surface area contributed by atoms with E-state index in [-0.39, 0.29) is 23.1 Å².